The molecule has 0 aliphatic rings. The molecule has 474 valence electrons. The lowest BCUT2D eigenvalue weighted by Crippen LogP contribution is -2.47. The molecule has 81 heavy (non-hydrogen) atoms. The van der Waals surface area contributed by atoms with Gasteiger partial charge in [-0.2, -0.15) is 0 Å². The van der Waals surface area contributed by atoms with E-state index in [4.69, 9.17) is 13.8 Å². The Morgan fingerprint density at radius 3 is 1.15 bits per heavy atom. The topological polar surface area (TPSA) is 111 Å². The molecule has 0 bridgehead atoms. The van der Waals surface area contributed by atoms with Gasteiger partial charge in [0.1, 0.15) is 19.3 Å². The number of unbranched alkanes of at least 4 members (excludes halogenated alkanes) is 39. The molecule has 0 aromatic carbocycles. The second-order valence-corrected chi connectivity index (χ2v) is 26.2. The number of allylic oxidation sites excluding steroid dienone is 9. The van der Waals surface area contributed by atoms with E-state index in [0.29, 0.717) is 23.9 Å². The van der Waals surface area contributed by atoms with Gasteiger partial charge in [-0.05, 0) is 76.7 Å². The van der Waals surface area contributed by atoms with Gasteiger partial charge >= 0.3 is 13.8 Å². The SMILES string of the molecule is CCCCC/C=C\C/C=C\C/C=C\C/C=C\CCCCCCCCCC(=O)NC(COP(=O)(O)OCC[N+](C)(C)C)C(/C=C/CCCCCCCCCCCCC)OC(=O)CCCCCCCCCCCCCCCCCCCCC. The number of hydrogen-bond acceptors (Lipinski definition) is 6. The van der Waals surface area contributed by atoms with Gasteiger partial charge in [0.15, 0.2) is 0 Å². The fraction of sp³-hybridized carbons (Fsp3) is 0.831. The molecule has 0 aliphatic heterocycles. The molecule has 3 unspecified atom stereocenters. The molecule has 0 aromatic rings. The van der Waals surface area contributed by atoms with Crippen LogP contribution in [-0.4, -0.2) is 74.3 Å². The van der Waals surface area contributed by atoms with Crippen LogP contribution in [0, 0.1) is 0 Å². The molecule has 2 N–H and O–H groups in total. The van der Waals surface area contributed by atoms with Gasteiger partial charge in [0.2, 0.25) is 5.91 Å². The molecule has 1 amide bonds. The van der Waals surface area contributed by atoms with Gasteiger partial charge in [-0.1, -0.05) is 300 Å². The van der Waals surface area contributed by atoms with Gasteiger partial charge in [-0.25, -0.2) is 4.57 Å². The Hall–Kier alpha value is -2.29. The van der Waals surface area contributed by atoms with Crippen molar-refractivity contribution < 1.29 is 37.3 Å². The Morgan fingerprint density at radius 2 is 0.753 bits per heavy atom. The van der Waals surface area contributed by atoms with Gasteiger partial charge in [-0.15, -0.1) is 0 Å². The minimum atomic E-state index is -4.46. The van der Waals surface area contributed by atoms with E-state index < -0.39 is 20.0 Å². The molecule has 10 heteroatoms. The Morgan fingerprint density at radius 1 is 0.432 bits per heavy atom. The zero-order valence-electron chi connectivity index (χ0n) is 54.3. The van der Waals surface area contributed by atoms with Gasteiger partial charge in [0.25, 0.3) is 0 Å². The molecule has 0 radical (unpaired) electrons. The fourth-order valence-corrected chi connectivity index (χ4v) is 10.8. The lowest BCUT2D eigenvalue weighted by molar-refractivity contribution is -0.870. The van der Waals surface area contributed by atoms with Crippen molar-refractivity contribution in [3.8, 4) is 0 Å². The maximum Gasteiger partial charge on any atom is 0.472 e. The number of ether oxygens (including phenoxy) is 1. The predicted octanol–water partition coefficient (Wildman–Crippen LogP) is 21.8. The third kappa shape index (κ3) is 62.1. The number of carbonyl (C=O) groups is 2. The largest absolute Gasteiger partial charge is 0.472 e. The Bertz CT molecular complexity index is 1570. The highest BCUT2D eigenvalue weighted by atomic mass is 31.2. The van der Waals surface area contributed by atoms with Crippen molar-refractivity contribution in [3.63, 3.8) is 0 Å². The Balaban J connectivity index is 5.17. The third-order valence-corrected chi connectivity index (χ3v) is 16.4. The van der Waals surface area contributed by atoms with E-state index in [0.717, 1.165) is 89.9 Å². The number of nitrogens with zero attached hydrogens (tertiary/aromatic N) is 1. The molecule has 0 saturated carbocycles. The van der Waals surface area contributed by atoms with E-state index in [2.05, 4.69) is 74.7 Å². The average Bonchev–Trinajstić information content (AvgIpc) is 3.44. The summed E-state index contributed by atoms with van der Waals surface area (Å²) >= 11 is 0. The molecule has 0 fully saturated rings. The first kappa shape index (κ1) is 78.7. The van der Waals surface area contributed by atoms with E-state index in [-0.39, 0.29) is 25.1 Å². The number of nitrogens with one attached hydrogen (secondary N) is 1. The van der Waals surface area contributed by atoms with Crippen LogP contribution in [0.2, 0.25) is 0 Å². The van der Waals surface area contributed by atoms with Crippen LogP contribution in [-0.2, 0) is 27.9 Å². The number of likely N-dealkylation sites (N-methyl/N-ethyl adjacent to an activating group) is 1. The maximum atomic E-state index is 13.6. The molecule has 3 atom stereocenters. The smallest absolute Gasteiger partial charge is 0.456 e. The van der Waals surface area contributed by atoms with Crippen molar-refractivity contribution in [2.75, 3.05) is 40.9 Å². The van der Waals surface area contributed by atoms with Crippen LogP contribution in [0.5, 0.6) is 0 Å². The first-order valence-corrected chi connectivity index (χ1v) is 36.1. The summed E-state index contributed by atoms with van der Waals surface area (Å²) in [4.78, 5) is 37.9. The van der Waals surface area contributed by atoms with Crippen molar-refractivity contribution in [3.05, 3.63) is 60.8 Å². The number of hydrogen-bond donors (Lipinski definition) is 2. The number of carbonyl (C=O) groups excluding carboxylic acids is 2. The first-order valence-electron chi connectivity index (χ1n) is 34.6. The van der Waals surface area contributed by atoms with Crippen LogP contribution in [0.4, 0.5) is 0 Å². The minimum Gasteiger partial charge on any atom is -0.456 e. The van der Waals surface area contributed by atoms with E-state index in [9.17, 15) is 19.0 Å². The van der Waals surface area contributed by atoms with Crippen LogP contribution in [0.1, 0.15) is 329 Å². The molecule has 9 nitrogen and oxygen atoms in total. The van der Waals surface area contributed by atoms with Crippen LogP contribution < -0.4 is 5.32 Å². The molecule has 0 aromatic heterocycles. The number of esters is 1. The summed E-state index contributed by atoms with van der Waals surface area (Å²) < 4.78 is 30.8. The summed E-state index contributed by atoms with van der Waals surface area (Å²) in [7, 11) is 1.50. The van der Waals surface area contributed by atoms with Crippen LogP contribution in [0.25, 0.3) is 0 Å². The van der Waals surface area contributed by atoms with Crippen LogP contribution in [0.15, 0.2) is 60.8 Å². The second-order valence-electron chi connectivity index (χ2n) is 24.7. The minimum absolute atomic E-state index is 0.0381. The molecule has 0 aliphatic carbocycles. The monoisotopic (exact) mass is 1160 g/mol. The normalized spacial score (nSPS) is 13.9. The van der Waals surface area contributed by atoms with Gasteiger partial charge in [0.05, 0.1) is 33.8 Å². The predicted molar refractivity (Wildman–Crippen MR) is 351 cm³/mol. The number of quaternary nitrogens is 1. The summed E-state index contributed by atoms with van der Waals surface area (Å²) in [5.41, 5.74) is 0. The molecular weight excluding hydrogens is 1020 g/mol. The summed E-state index contributed by atoms with van der Waals surface area (Å²) in [5.74, 6) is -0.504. The summed E-state index contributed by atoms with van der Waals surface area (Å²) in [6.45, 7) is 7.02. The summed E-state index contributed by atoms with van der Waals surface area (Å²) in [5, 5.41) is 3.07. The second kappa shape index (κ2) is 60.8. The Kier molecular flexibility index (Phi) is 59.1. The van der Waals surface area contributed by atoms with Gasteiger partial charge < -0.3 is 19.4 Å². The van der Waals surface area contributed by atoms with Gasteiger partial charge in [-0.3, -0.25) is 18.6 Å². The third-order valence-electron chi connectivity index (χ3n) is 15.5. The first-order chi connectivity index (χ1) is 39.4. The average molecular weight is 1160 g/mol. The van der Waals surface area contributed by atoms with E-state index in [1.165, 1.54) is 205 Å². The maximum absolute atomic E-state index is 13.6. The van der Waals surface area contributed by atoms with E-state index >= 15 is 0 Å². The number of phosphoric acid groups is 1. The van der Waals surface area contributed by atoms with Crippen molar-refractivity contribution in [1.29, 1.82) is 0 Å². The number of phosphoric ester groups is 1. The molecule has 0 heterocycles. The highest BCUT2D eigenvalue weighted by molar-refractivity contribution is 7.47. The molecule has 0 saturated heterocycles. The molecule has 0 rings (SSSR count). The number of amides is 1. The van der Waals surface area contributed by atoms with Crippen molar-refractivity contribution in [1.82, 2.24) is 5.32 Å². The van der Waals surface area contributed by atoms with Crippen molar-refractivity contribution in [2.45, 2.75) is 341 Å². The van der Waals surface area contributed by atoms with Crippen LogP contribution in [0.3, 0.4) is 0 Å². The highest BCUT2D eigenvalue weighted by Gasteiger charge is 2.30. The van der Waals surface area contributed by atoms with Crippen molar-refractivity contribution >= 4 is 19.7 Å². The quantitative estimate of drug-likeness (QED) is 0.0205. The van der Waals surface area contributed by atoms with E-state index in [1.807, 2.05) is 33.3 Å². The standard InChI is InChI=1S/C71H133N2O7P/c1-7-10-13-16-19-22-25-28-30-32-34-35-36-37-39-40-42-45-48-51-54-57-60-63-70(74)72-68(67-79-81(76,77)78-66-65-73(4,5)6)69(62-59-56-53-50-47-44-27-24-21-18-15-12-9-3)80-71(75)64-61-58-55-52-49-46-43-41-38-33-31-29-26-23-20-17-14-11-8-2/h19,22,28,30,34-35,37,39,59,62,68-69H,7-18,20-21,23-27,29,31-33,36,38,40-58,60-61,63-67H2,1-6H3,(H-,72,74,76,77)/p+1/b22-19-,30-28-,35-34-,39-37-,62-59+. The summed E-state index contributed by atoms with van der Waals surface area (Å²) in [6.07, 6.45) is 77.9. The zero-order chi connectivity index (χ0) is 59.3. The highest BCUT2D eigenvalue weighted by Crippen LogP contribution is 2.43. The molecule has 0 spiro atoms. The molecular formula is C71H134N2O7P+. The zero-order valence-corrected chi connectivity index (χ0v) is 55.2. The lowest BCUT2D eigenvalue weighted by atomic mass is 10.0. The van der Waals surface area contributed by atoms with E-state index in [1.54, 1.807) is 0 Å². The number of rotatable bonds is 63. The summed E-state index contributed by atoms with van der Waals surface area (Å²) in [6, 6.07) is -0.854. The Labute approximate surface area is 502 Å². The van der Waals surface area contributed by atoms with Crippen LogP contribution >= 0.6 is 7.82 Å². The van der Waals surface area contributed by atoms with Gasteiger partial charge in [0, 0.05) is 12.8 Å². The fourth-order valence-electron chi connectivity index (χ4n) is 10.1. The lowest BCUT2D eigenvalue weighted by Gasteiger charge is -2.27. The van der Waals surface area contributed by atoms with Crippen molar-refractivity contribution in [2.24, 2.45) is 0 Å².